The Morgan fingerprint density at radius 2 is 0.886 bits per heavy atom. The summed E-state index contributed by atoms with van der Waals surface area (Å²) in [6, 6.07) is 7.91. The number of fused-ring (bicyclic) bond motifs is 1. The predicted octanol–water partition coefficient (Wildman–Crippen LogP) is 8.19. The lowest BCUT2D eigenvalue weighted by Gasteiger charge is -2.31. The van der Waals surface area contributed by atoms with Gasteiger partial charge in [-0.05, 0) is 39.1 Å². The number of ether oxygens (including phenoxy) is 3. The van der Waals surface area contributed by atoms with E-state index in [1.807, 2.05) is 24.3 Å². The van der Waals surface area contributed by atoms with Crippen LogP contribution in [0.15, 0.2) is 24.3 Å². The lowest BCUT2D eigenvalue weighted by Crippen LogP contribution is -2.47. The summed E-state index contributed by atoms with van der Waals surface area (Å²) in [6.45, 7) is 6.46. The van der Waals surface area contributed by atoms with Crippen LogP contribution in [0.1, 0.15) is 117 Å². The quantitative estimate of drug-likeness (QED) is 0.172. The standard InChI is InChI=1S/C30H54N2O3/c1-5-7-9-11-13-15-17-21-25-31(3)29-33-27-23-19-20-24-28(27)34-30(35-29)32(4)26-22-18-16-14-12-10-8-6-2/h19-20,23-24,29-30H,5-18,21-22,25-26H2,1-4H3. The normalized spacial score (nSPS) is 17.8. The van der Waals surface area contributed by atoms with E-state index in [1.54, 1.807) is 0 Å². The van der Waals surface area contributed by atoms with Gasteiger partial charge in [0.15, 0.2) is 11.5 Å². The molecule has 0 aromatic heterocycles. The molecule has 1 aromatic carbocycles. The summed E-state index contributed by atoms with van der Waals surface area (Å²) < 4.78 is 18.9. The van der Waals surface area contributed by atoms with Gasteiger partial charge in [0.2, 0.25) is 0 Å². The molecule has 0 amide bonds. The van der Waals surface area contributed by atoms with Gasteiger partial charge in [-0.25, -0.2) is 9.80 Å². The van der Waals surface area contributed by atoms with Crippen LogP contribution in [0.3, 0.4) is 0 Å². The van der Waals surface area contributed by atoms with Gasteiger partial charge < -0.3 is 9.47 Å². The fourth-order valence-electron chi connectivity index (χ4n) is 4.61. The average Bonchev–Trinajstić information content (AvgIpc) is 3.07. The summed E-state index contributed by atoms with van der Waals surface area (Å²) in [5.74, 6) is 1.51. The van der Waals surface area contributed by atoms with Crippen molar-refractivity contribution in [2.45, 2.75) is 129 Å². The first-order valence-corrected chi connectivity index (χ1v) is 14.6. The smallest absolute Gasteiger partial charge is 0.266 e. The molecule has 1 aliphatic rings. The molecule has 0 saturated heterocycles. The van der Waals surface area contributed by atoms with Crippen molar-refractivity contribution >= 4 is 0 Å². The van der Waals surface area contributed by atoms with Crippen LogP contribution in [0.5, 0.6) is 11.5 Å². The van der Waals surface area contributed by atoms with E-state index in [4.69, 9.17) is 14.2 Å². The molecule has 2 unspecified atom stereocenters. The first-order chi connectivity index (χ1) is 17.2. The second kappa shape index (κ2) is 18.9. The van der Waals surface area contributed by atoms with Gasteiger partial charge in [-0.15, -0.1) is 0 Å². The molecule has 202 valence electrons. The lowest BCUT2D eigenvalue weighted by atomic mass is 10.1. The molecule has 0 fully saturated rings. The van der Waals surface area contributed by atoms with Crippen molar-refractivity contribution in [1.29, 1.82) is 0 Å². The Labute approximate surface area is 216 Å². The SMILES string of the molecule is CCCCCCCCCCN(C)C1Oc2ccccc2OC(N(C)CCCCCCCCCC)O1. The van der Waals surface area contributed by atoms with Gasteiger partial charge >= 0.3 is 0 Å². The number of rotatable bonds is 20. The highest BCUT2D eigenvalue weighted by Crippen LogP contribution is 2.33. The highest BCUT2D eigenvalue weighted by atomic mass is 16.8. The van der Waals surface area contributed by atoms with E-state index in [2.05, 4.69) is 37.7 Å². The van der Waals surface area contributed by atoms with Crippen molar-refractivity contribution in [3.63, 3.8) is 0 Å². The third-order valence-corrected chi connectivity index (χ3v) is 6.99. The van der Waals surface area contributed by atoms with E-state index in [9.17, 15) is 0 Å². The zero-order valence-corrected chi connectivity index (χ0v) is 23.3. The first-order valence-electron chi connectivity index (χ1n) is 14.6. The van der Waals surface area contributed by atoms with Crippen LogP contribution < -0.4 is 9.47 Å². The highest BCUT2D eigenvalue weighted by Gasteiger charge is 2.31. The fraction of sp³-hybridized carbons (Fsp3) is 0.800. The summed E-state index contributed by atoms with van der Waals surface area (Å²) in [6.07, 6.45) is 20.2. The topological polar surface area (TPSA) is 34.2 Å². The molecule has 5 heteroatoms. The third-order valence-electron chi connectivity index (χ3n) is 6.99. The molecule has 1 aliphatic heterocycles. The largest absolute Gasteiger partial charge is 0.447 e. The minimum absolute atomic E-state index is 0.450. The Morgan fingerprint density at radius 3 is 1.26 bits per heavy atom. The van der Waals surface area contributed by atoms with Crippen molar-refractivity contribution in [1.82, 2.24) is 9.80 Å². The van der Waals surface area contributed by atoms with Crippen LogP contribution in [0.25, 0.3) is 0 Å². The van der Waals surface area contributed by atoms with E-state index in [1.165, 1.54) is 89.9 Å². The highest BCUT2D eigenvalue weighted by molar-refractivity contribution is 5.39. The maximum Gasteiger partial charge on any atom is 0.266 e. The number of para-hydroxylation sites is 2. The molecule has 0 saturated carbocycles. The van der Waals surface area contributed by atoms with Gasteiger partial charge in [0, 0.05) is 13.1 Å². The van der Waals surface area contributed by atoms with Crippen LogP contribution in [0.2, 0.25) is 0 Å². The lowest BCUT2D eigenvalue weighted by molar-refractivity contribution is -0.268. The molecule has 0 bridgehead atoms. The second-order valence-electron chi connectivity index (χ2n) is 10.3. The van der Waals surface area contributed by atoms with Crippen LogP contribution in [-0.2, 0) is 4.74 Å². The van der Waals surface area contributed by atoms with Gasteiger partial charge in [-0.1, -0.05) is 116 Å². The van der Waals surface area contributed by atoms with Crippen LogP contribution >= 0.6 is 0 Å². The van der Waals surface area contributed by atoms with E-state index in [0.29, 0.717) is 0 Å². The van der Waals surface area contributed by atoms with Crippen LogP contribution in [0.4, 0.5) is 0 Å². The zero-order chi connectivity index (χ0) is 25.1. The van der Waals surface area contributed by atoms with Crippen molar-refractivity contribution in [3.05, 3.63) is 24.3 Å². The Kier molecular flexibility index (Phi) is 16.2. The first kappa shape index (κ1) is 29.9. The minimum atomic E-state index is -0.450. The molecule has 1 aromatic rings. The molecule has 35 heavy (non-hydrogen) atoms. The number of hydrogen-bond donors (Lipinski definition) is 0. The maximum atomic E-state index is 6.37. The summed E-state index contributed by atoms with van der Waals surface area (Å²) in [5.41, 5.74) is 0. The Bertz CT molecular complexity index is 589. The summed E-state index contributed by atoms with van der Waals surface area (Å²) >= 11 is 0. The monoisotopic (exact) mass is 490 g/mol. The molecule has 5 nitrogen and oxygen atoms in total. The molecule has 1 heterocycles. The fourth-order valence-corrected chi connectivity index (χ4v) is 4.61. The Hall–Kier alpha value is -1.30. The molecule has 2 rings (SSSR count). The number of hydrogen-bond acceptors (Lipinski definition) is 5. The molecular weight excluding hydrogens is 436 g/mol. The molecule has 2 atom stereocenters. The maximum absolute atomic E-state index is 6.37. The van der Waals surface area contributed by atoms with Crippen molar-refractivity contribution in [2.24, 2.45) is 0 Å². The van der Waals surface area contributed by atoms with E-state index < -0.39 is 12.8 Å². The predicted molar refractivity (Wildman–Crippen MR) is 147 cm³/mol. The van der Waals surface area contributed by atoms with Gasteiger partial charge in [0.05, 0.1) is 0 Å². The van der Waals surface area contributed by atoms with Crippen molar-refractivity contribution in [3.8, 4) is 11.5 Å². The van der Waals surface area contributed by atoms with Crippen LogP contribution in [-0.4, -0.2) is 49.8 Å². The van der Waals surface area contributed by atoms with Crippen LogP contribution in [0, 0.1) is 0 Å². The Balaban J connectivity index is 1.77. The van der Waals surface area contributed by atoms with Gasteiger partial charge in [0.25, 0.3) is 12.8 Å². The molecule has 0 spiro atoms. The van der Waals surface area contributed by atoms with Crippen molar-refractivity contribution < 1.29 is 14.2 Å². The number of benzene rings is 1. The molecular formula is C30H54N2O3. The van der Waals surface area contributed by atoms with Gasteiger partial charge in [0.1, 0.15) is 0 Å². The molecule has 0 N–H and O–H groups in total. The zero-order valence-electron chi connectivity index (χ0n) is 23.3. The van der Waals surface area contributed by atoms with E-state index in [0.717, 1.165) is 37.4 Å². The summed E-state index contributed by atoms with van der Waals surface area (Å²) in [5, 5.41) is 0. The molecule has 0 aliphatic carbocycles. The van der Waals surface area contributed by atoms with Gasteiger partial charge in [-0.3, -0.25) is 4.74 Å². The second-order valence-corrected chi connectivity index (χ2v) is 10.3. The number of unbranched alkanes of at least 4 members (excludes halogenated alkanes) is 14. The molecule has 0 radical (unpaired) electrons. The summed E-state index contributed by atoms with van der Waals surface area (Å²) in [4.78, 5) is 4.36. The number of nitrogens with zero attached hydrogens (tertiary/aromatic N) is 2. The van der Waals surface area contributed by atoms with E-state index >= 15 is 0 Å². The van der Waals surface area contributed by atoms with Crippen molar-refractivity contribution in [2.75, 3.05) is 27.2 Å². The summed E-state index contributed by atoms with van der Waals surface area (Å²) in [7, 11) is 4.19. The average molecular weight is 491 g/mol. The Morgan fingerprint density at radius 1 is 0.543 bits per heavy atom. The van der Waals surface area contributed by atoms with Gasteiger partial charge in [-0.2, -0.15) is 0 Å². The third kappa shape index (κ3) is 12.5. The van der Waals surface area contributed by atoms with E-state index in [-0.39, 0.29) is 0 Å². The minimum Gasteiger partial charge on any atom is -0.447 e.